The van der Waals surface area contributed by atoms with Crippen LogP contribution in [0.15, 0.2) is 50.9 Å². The maximum atomic E-state index is 9.10. The number of aliphatic hydroxyl groups excluding tert-OH is 1. The third kappa shape index (κ3) is 5.45. The molecule has 0 aliphatic carbocycles. The second-order valence-corrected chi connectivity index (χ2v) is 8.70. The number of nitrogens with zero attached hydrogens (tertiary/aromatic N) is 5. The van der Waals surface area contributed by atoms with Crippen LogP contribution in [0.2, 0.25) is 0 Å². The number of thiophene rings is 1. The van der Waals surface area contributed by atoms with Crippen LogP contribution in [-0.2, 0) is 0 Å². The summed E-state index contributed by atoms with van der Waals surface area (Å²) in [5, 5.41) is 16.6. The van der Waals surface area contributed by atoms with E-state index in [9.17, 15) is 0 Å². The predicted octanol–water partition coefficient (Wildman–Crippen LogP) is 3.25. The van der Waals surface area contributed by atoms with Crippen LogP contribution in [0.3, 0.4) is 0 Å². The molecular weight excluding hydrogens is 404 g/mol. The van der Waals surface area contributed by atoms with Crippen LogP contribution in [-0.4, -0.2) is 64.3 Å². The molecule has 0 atom stereocenters. The summed E-state index contributed by atoms with van der Waals surface area (Å²) < 4.78 is 0. The highest BCUT2D eigenvalue weighted by Crippen LogP contribution is 2.30. The Hall–Kier alpha value is -2.20. The largest absolute Gasteiger partial charge is 0.395 e. The molecule has 1 fully saturated rings. The highest BCUT2D eigenvalue weighted by atomic mass is 32.2. The van der Waals surface area contributed by atoms with Crippen molar-refractivity contribution in [3.05, 3.63) is 46.9 Å². The first-order valence-electron chi connectivity index (χ1n) is 9.57. The maximum absolute atomic E-state index is 9.10. The summed E-state index contributed by atoms with van der Waals surface area (Å²) in [5.74, 6) is 1.96. The number of rotatable bonds is 7. The molecule has 2 N–H and O–H groups in total. The van der Waals surface area contributed by atoms with E-state index in [1.54, 1.807) is 23.1 Å². The van der Waals surface area contributed by atoms with Crippen molar-refractivity contribution in [1.82, 2.24) is 19.9 Å². The topological polar surface area (TPSA) is 77.4 Å². The fourth-order valence-electron chi connectivity index (χ4n) is 3.16. The third-order valence-corrected chi connectivity index (χ3v) is 6.48. The van der Waals surface area contributed by atoms with E-state index >= 15 is 0 Å². The van der Waals surface area contributed by atoms with Gasteiger partial charge in [-0.05, 0) is 42.6 Å². The standard InChI is InChI=1S/C20H24N6OS2/c1-15-21-19(24-20(22-15)26-9-7-25(8-10-26)11-12-27)23-16-2-4-17(5-3-16)29-18-6-13-28-14-18/h2-6,13-14,27H,7-12H2,1H3,(H,21,22,23,24). The molecule has 2 aromatic heterocycles. The van der Waals surface area contributed by atoms with Crippen molar-refractivity contribution in [3.8, 4) is 0 Å². The predicted molar refractivity (Wildman–Crippen MR) is 118 cm³/mol. The van der Waals surface area contributed by atoms with Gasteiger partial charge in [0.2, 0.25) is 11.9 Å². The number of nitrogens with one attached hydrogen (secondary N) is 1. The number of hydrogen-bond donors (Lipinski definition) is 2. The number of piperazine rings is 1. The third-order valence-electron chi connectivity index (χ3n) is 4.65. The summed E-state index contributed by atoms with van der Waals surface area (Å²) in [6, 6.07) is 10.4. The van der Waals surface area contributed by atoms with Crippen molar-refractivity contribution >= 4 is 40.7 Å². The van der Waals surface area contributed by atoms with Crippen LogP contribution in [0.4, 0.5) is 17.6 Å². The number of anilines is 3. The molecule has 3 aromatic rings. The minimum absolute atomic E-state index is 0.198. The molecule has 0 spiro atoms. The fourth-order valence-corrected chi connectivity index (χ4v) is 4.80. The molecule has 1 aliphatic heterocycles. The minimum atomic E-state index is 0.198. The number of aryl methyl sites for hydroxylation is 1. The monoisotopic (exact) mass is 428 g/mol. The molecule has 0 unspecified atom stereocenters. The molecule has 0 bridgehead atoms. The number of β-amino-alcohol motifs (C(OH)–C–C–N with tert-alkyl or cyclic N) is 1. The van der Waals surface area contributed by atoms with Gasteiger partial charge in [-0.1, -0.05) is 11.8 Å². The Morgan fingerprint density at radius 2 is 1.83 bits per heavy atom. The summed E-state index contributed by atoms with van der Waals surface area (Å²) in [5.41, 5.74) is 0.948. The molecule has 1 aromatic carbocycles. The lowest BCUT2D eigenvalue weighted by molar-refractivity contribution is 0.188. The first-order chi connectivity index (χ1) is 14.2. The molecule has 29 heavy (non-hydrogen) atoms. The molecular formula is C20H24N6OS2. The Balaban J connectivity index is 1.41. The zero-order valence-corrected chi connectivity index (χ0v) is 17.9. The zero-order valence-electron chi connectivity index (χ0n) is 16.3. The maximum Gasteiger partial charge on any atom is 0.232 e. The highest BCUT2D eigenvalue weighted by Gasteiger charge is 2.19. The van der Waals surface area contributed by atoms with E-state index in [4.69, 9.17) is 5.11 Å². The van der Waals surface area contributed by atoms with E-state index in [0.29, 0.717) is 17.7 Å². The first-order valence-corrected chi connectivity index (χ1v) is 11.3. The second kappa shape index (κ2) is 9.53. The van der Waals surface area contributed by atoms with Crippen LogP contribution in [0.1, 0.15) is 5.82 Å². The Kier molecular flexibility index (Phi) is 6.60. The Morgan fingerprint density at radius 1 is 1.03 bits per heavy atom. The van der Waals surface area contributed by atoms with Gasteiger partial charge in [-0.3, -0.25) is 4.90 Å². The van der Waals surface area contributed by atoms with E-state index in [1.807, 2.05) is 19.1 Å². The molecule has 152 valence electrons. The van der Waals surface area contributed by atoms with Crippen LogP contribution in [0.5, 0.6) is 0 Å². The van der Waals surface area contributed by atoms with E-state index in [0.717, 1.165) is 38.4 Å². The zero-order chi connectivity index (χ0) is 20.1. The van der Waals surface area contributed by atoms with E-state index < -0.39 is 0 Å². The van der Waals surface area contributed by atoms with Gasteiger partial charge in [-0.25, -0.2) is 0 Å². The molecule has 4 rings (SSSR count). The van der Waals surface area contributed by atoms with Gasteiger partial charge in [0.25, 0.3) is 0 Å². The van der Waals surface area contributed by atoms with Gasteiger partial charge in [-0.2, -0.15) is 26.3 Å². The Labute approximate surface area is 178 Å². The van der Waals surface area contributed by atoms with Crippen LogP contribution >= 0.6 is 23.1 Å². The quantitative estimate of drug-likeness (QED) is 0.594. The van der Waals surface area contributed by atoms with Crippen LogP contribution in [0, 0.1) is 6.92 Å². The van der Waals surface area contributed by atoms with Crippen molar-refractivity contribution in [2.45, 2.75) is 16.7 Å². The van der Waals surface area contributed by atoms with Gasteiger partial charge >= 0.3 is 0 Å². The van der Waals surface area contributed by atoms with Crippen molar-refractivity contribution < 1.29 is 5.11 Å². The van der Waals surface area contributed by atoms with Gasteiger partial charge in [0.15, 0.2) is 0 Å². The van der Waals surface area contributed by atoms with Gasteiger partial charge in [-0.15, -0.1) is 0 Å². The molecule has 1 saturated heterocycles. The second-order valence-electron chi connectivity index (χ2n) is 6.77. The minimum Gasteiger partial charge on any atom is -0.395 e. The lowest BCUT2D eigenvalue weighted by Crippen LogP contribution is -2.47. The summed E-state index contributed by atoms with van der Waals surface area (Å²) >= 11 is 3.46. The normalized spacial score (nSPS) is 14.9. The first kappa shape index (κ1) is 20.1. The van der Waals surface area contributed by atoms with Gasteiger partial charge in [0.05, 0.1) is 6.61 Å². The van der Waals surface area contributed by atoms with E-state index in [1.165, 1.54) is 9.79 Å². The lowest BCUT2D eigenvalue weighted by atomic mass is 10.3. The van der Waals surface area contributed by atoms with Gasteiger partial charge in [0, 0.05) is 53.6 Å². The Morgan fingerprint density at radius 3 is 2.52 bits per heavy atom. The molecule has 0 radical (unpaired) electrons. The number of benzene rings is 1. The molecule has 9 heteroatoms. The molecule has 3 heterocycles. The van der Waals surface area contributed by atoms with Gasteiger partial charge in [0.1, 0.15) is 5.82 Å². The summed E-state index contributed by atoms with van der Waals surface area (Å²) in [6.45, 7) is 6.30. The molecule has 1 aliphatic rings. The van der Waals surface area contributed by atoms with Gasteiger partial charge < -0.3 is 15.3 Å². The number of aliphatic hydroxyl groups is 1. The Bertz CT molecular complexity index is 911. The molecule has 0 saturated carbocycles. The van der Waals surface area contributed by atoms with Crippen LogP contribution in [0.25, 0.3) is 0 Å². The van der Waals surface area contributed by atoms with Crippen molar-refractivity contribution in [1.29, 1.82) is 0 Å². The van der Waals surface area contributed by atoms with E-state index in [-0.39, 0.29) is 6.61 Å². The smallest absolute Gasteiger partial charge is 0.232 e. The fraction of sp³-hybridized carbons (Fsp3) is 0.350. The average Bonchev–Trinajstić information content (AvgIpc) is 3.23. The highest BCUT2D eigenvalue weighted by molar-refractivity contribution is 7.99. The van der Waals surface area contributed by atoms with Crippen molar-refractivity contribution in [3.63, 3.8) is 0 Å². The SMILES string of the molecule is Cc1nc(Nc2ccc(Sc3ccsc3)cc2)nc(N2CCN(CCO)CC2)n1. The van der Waals surface area contributed by atoms with Crippen molar-refractivity contribution in [2.24, 2.45) is 0 Å². The molecule has 0 amide bonds. The molecule has 7 nitrogen and oxygen atoms in total. The van der Waals surface area contributed by atoms with E-state index in [2.05, 4.69) is 59.0 Å². The summed E-state index contributed by atoms with van der Waals surface area (Å²) in [7, 11) is 0. The number of aromatic nitrogens is 3. The average molecular weight is 429 g/mol. The lowest BCUT2D eigenvalue weighted by Gasteiger charge is -2.34. The van der Waals surface area contributed by atoms with Crippen LogP contribution < -0.4 is 10.2 Å². The summed E-state index contributed by atoms with van der Waals surface area (Å²) in [4.78, 5) is 20.5. The summed E-state index contributed by atoms with van der Waals surface area (Å²) in [6.07, 6.45) is 0. The number of hydrogen-bond acceptors (Lipinski definition) is 9. The van der Waals surface area contributed by atoms with Crippen molar-refractivity contribution in [2.75, 3.05) is 49.5 Å².